The van der Waals surface area contributed by atoms with E-state index in [1.807, 2.05) is 6.07 Å². The molecule has 0 fully saturated rings. The first kappa shape index (κ1) is 11.7. The predicted molar refractivity (Wildman–Crippen MR) is 61.0 cm³/mol. The van der Waals surface area contributed by atoms with Crippen LogP contribution in [0.1, 0.15) is 12.5 Å². The Hall–Kier alpha value is -0.390. The predicted octanol–water partition coefficient (Wildman–Crippen LogP) is 2.47. The third-order valence-electron chi connectivity index (χ3n) is 1.91. The van der Waals surface area contributed by atoms with Crippen LogP contribution in [-0.2, 0) is 10.3 Å². The molecule has 0 radical (unpaired) electrons. The molecule has 0 aliphatic rings. The first-order valence-corrected chi connectivity index (χ1v) is 5.41. The molecule has 3 nitrogen and oxygen atoms in total. The first-order valence-electron chi connectivity index (χ1n) is 3.83. The van der Waals surface area contributed by atoms with Crippen molar-refractivity contribution < 1.29 is 9.90 Å². The lowest BCUT2D eigenvalue weighted by Crippen LogP contribution is -2.41. The van der Waals surface area contributed by atoms with Crippen molar-refractivity contribution in [3.63, 3.8) is 0 Å². The summed E-state index contributed by atoms with van der Waals surface area (Å²) in [5.41, 5.74) is 4.86. The molecule has 0 spiro atoms. The Bertz CT molecular complexity index is 357. The molecule has 0 saturated carbocycles. The molecule has 76 valence electrons. The van der Waals surface area contributed by atoms with Crippen LogP contribution in [0, 0.1) is 0 Å². The van der Waals surface area contributed by atoms with E-state index in [-0.39, 0.29) is 0 Å². The van der Waals surface area contributed by atoms with Crippen LogP contribution in [0.4, 0.5) is 0 Å². The van der Waals surface area contributed by atoms with Gasteiger partial charge in [-0.15, -0.1) is 0 Å². The number of rotatable bonds is 2. The standard InChI is InChI=1S/C9H9Br2NO2/c1-9(12,8(13)14)5-2-6(10)4-7(11)3-5/h2-4H,12H2,1H3,(H,13,14)/t9-/m0/s1. The molecule has 0 bridgehead atoms. The summed E-state index contributed by atoms with van der Waals surface area (Å²) in [5.74, 6) is -1.05. The molecule has 0 aromatic heterocycles. The average molecular weight is 323 g/mol. The Morgan fingerprint density at radius 3 is 2.14 bits per heavy atom. The van der Waals surface area contributed by atoms with Crippen molar-refractivity contribution in [3.8, 4) is 0 Å². The minimum atomic E-state index is -1.37. The summed E-state index contributed by atoms with van der Waals surface area (Å²) in [5, 5.41) is 8.92. The summed E-state index contributed by atoms with van der Waals surface area (Å²) >= 11 is 6.55. The van der Waals surface area contributed by atoms with Gasteiger partial charge in [-0.2, -0.15) is 0 Å². The second-order valence-electron chi connectivity index (χ2n) is 3.17. The van der Waals surface area contributed by atoms with Gasteiger partial charge in [-0.1, -0.05) is 31.9 Å². The summed E-state index contributed by atoms with van der Waals surface area (Å²) in [4.78, 5) is 10.9. The fraction of sp³-hybridized carbons (Fsp3) is 0.222. The van der Waals surface area contributed by atoms with E-state index in [0.717, 1.165) is 8.95 Å². The minimum Gasteiger partial charge on any atom is -0.480 e. The van der Waals surface area contributed by atoms with Crippen LogP contribution in [-0.4, -0.2) is 11.1 Å². The molecule has 0 amide bonds. The smallest absolute Gasteiger partial charge is 0.328 e. The zero-order valence-electron chi connectivity index (χ0n) is 7.42. The van der Waals surface area contributed by atoms with Crippen molar-refractivity contribution in [3.05, 3.63) is 32.7 Å². The Morgan fingerprint density at radius 1 is 1.36 bits per heavy atom. The number of benzene rings is 1. The van der Waals surface area contributed by atoms with Crippen molar-refractivity contribution in [1.29, 1.82) is 0 Å². The van der Waals surface area contributed by atoms with Crippen molar-refractivity contribution in [2.75, 3.05) is 0 Å². The molecule has 0 unspecified atom stereocenters. The van der Waals surface area contributed by atoms with Gasteiger partial charge >= 0.3 is 5.97 Å². The molecule has 0 saturated heterocycles. The lowest BCUT2D eigenvalue weighted by Gasteiger charge is -2.20. The van der Waals surface area contributed by atoms with Gasteiger partial charge in [-0.05, 0) is 30.7 Å². The van der Waals surface area contributed by atoms with Gasteiger partial charge in [0.1, 0.15) is 5.54 Å². The van der Waals surface area contributed by atoms with Crippen LogP contribution < -0.4 is 5.73 Å². The van der Waals surface area contributed by atoms with Gasteiger partial charge in [0.2, 0.25) is 0 Å². The van der Waals surface area contributed by atoms with Crippen molar-refractivity contribution in [2.45, 2.75) is 12.5 Å². The van der Waals surface area contributed by atoms with E-state index in [2.05, 4.69) is 31.9 Å². The quantitative estimate of drug-likeness (QED) is 0.879. The zero-order valence-corrected chi connectivity index (χ0v) is 10.6. The maximum atomic E-state index is 10.9. The molecular formula is C9H9Br2NO2. The normalized spacial score (nSPS) is 14.9. The number of halogens is 2. The minimum absolute atomic E-state index is 0.547. The number of hydrogen-bond donors (Lipinski definition) is 2. The van der Waals surface area contributed by atoms with Gasteiger partial charge in [0.15, 0.2) is 0 Å². The van der Waals surface area contributed by atoms with Gasteiger partial charge in [0.05, 0.1) is 0 Å². The van der Waals surface area contributed by atoms with Crippen LogP contribution in [0.3, 0.4) is 0 Å². The average Bonchev–Trinajstić information content (AvgIpc) is 2.01. The van der Waals surface area contributed by atoms with Crippen LogP contribution in [0.2, 0.25) is 0 Å². The van der Waals surface area contributed by atoms with Crippen LogP contribution in [0.5, 0.6) is 0 Å². The van der Waals surface area contributed by atoms with Gasteiger partial charge < -0.3 is 10.8 Å². The third kappa shape index (κ3) is 2.34. The highest BCUT2D eigenvalue weighted by Crippen LogP contribution is 2.26. The summed E-state index contributed by atoms with van der Waals surface area (Å²) in [7, 11) is 0. The number of nitrogens with two attached hydrogens (primary N) is 1. The molecular weight excluding hydrogens is 314 g/mol. The van der Waals surface area contributed by atoms with Crippen molar-refractivity contribution >= 4 is 37.8 Å². The summed E-state index contributed by atoms with van der Waals surface area (Å²) in [6.45, 7) is 1.46. The first-order chi connectivity index (χ1) is 6.34. The second-order valence-corrected chi connectivity index (χ2v) is 5.00. The van der Waals surface area contributed by atoms with Gasteiger partial charge in [-0.25, -0.2) is 4.79 Å². The van der Waals surface area contributed by atoms with Crippen LogP contribution >= 0.6 is 31.9 Å². The molecule has 5 heteroatoms. The van der Waals surface area contributed by atoms with E-state index in [1.54, 1.807) is 12.1 Å². The highest BCUT2D eigenvalue weighted by Gasteiger charge is 2.30. The Morgan fingerprint density at radius 2 is 1.79 bits per heavy atom. The number of carboxylic acids is 1. The fourth-order valence-electron chi connectivity index (χ4n) is 0.977. The van der Waals surface area contributed by atoms with Crippen LogP contribution in [0.25, 0.3) is 0 Å². The molecule has 3 N–H and O–H groups in total. The van der Waals surface area contributed by atoms with Gasteiger partial charge in [0.25, 0.3) is 0 Å². The van der Waals surface area contributed by atoms with E-state index in [1.165, 1.54) is 6.92 Å². The molecule has 14 heavy (non-hydrogen) atoms. The second kappa shape index (κ2) is 4.00. The Balaban J connectivity index is 3.25. The fourth-order valence-corrected chi connectivity index (χ4v) is 2.27. The van der Waals surface area contributed by atoms with E-state index < -0.39 is 11.5 Å². The Labute approximate surface area is 98.6 Å². The van der Waals surface area contributed by atoms with E-state index >= 15 is 0 Å². The number of carbonyl (C=O) groups is 1. The monoisotopic (exact) mass is 321 g/mol. The molecule has 0 heterocycles. The molecule has 0 aliphatic carbocycles. The summed E-state index contributed by atoms with van der Waals surface area (Å²) < 4.78 is 1.58. The summed E-state index contributed by atoms with van der Waals surface area (Å²) in [6.07, 6.45) is 0. The molecule has 1 rings (SSSR count). The summed E-state index contributed by atoms with van der Waals surface area (Å²) in [6, 6.07) is 5.21. The van der Waals surface area contributed by atoms with Crippen molar-refractivity contribution in [2.24, 2.45) is 5.73 Å². The number of carboxylic acid groups (broad SMARTS) is 1. The SMILES string of the molecule is C[C@@](N)(C(=O)O)c1cc(Br)cc(Br)c1. The van der Waals surface area contributed by atoms with E-state index in [9.17, 15) is 4.79 Å². The largest absolute Gasteiger partial charge is 0.480 e. The van der Waals surface area contributed by atoms with E-state index in [0.29, 0.717) is 5.56 Å². The van der Waals surface area contributed by atoms with Crippen LogP contribution in [0.15, 0.2) is 27.1 Å². The molecule has 1 aromatic carbocycles. The van der Waals surface area contributed by atoms with Crippen molar-refractivity contribution in [1.82, 2.24) is 0 Å². The number of aliphatic carboxylic acids is 1. The van der Waals surface area contributed by atoms with Gasteiger partial charge in [-0.3, -0.25) is 0 Å². The maximum absolute atomic E-state index is 10.9. The molecule has 0 aliphatic heterocycles. The van der Waals surface area contributed by atoms with Gasteiger partial charge in [0, 0.05) is 8.95 Å². The van der Waals surface area contributed by atoms with E-state index in [4.69, 9.17) is 10.8 Å². The molecule has 1 atom stereocenters. The zero-order chi connectivity index (χ0) is 10.9. The lowest BCUT2D eigenvalue weighted by molar-refractivity contribution is -0.143. The third-order valence-corrected chi connectivity index (χ3v) is 2.82. The topological polar surface area (TPSA) is 63.3 Å². The highest BCUT2D eigenvalue weighted by atomic mass is 79.9. The lowest BCUT2D eigenvalue weighted by atomic mass is 9.94. The maximum Gasteiger partial charge on any atom is 0.328 e. The molecule has 1 aromatic rings. The Kier molecular flexibility index (Phi) is 3.34. The highest BCUT2D eigenvalue weighted by molar-refractivity contribution is 9.11. The number of hydrogen-bond acceptors (Lipinski definition) is 2.